The predicted octanol–water partition coefficient (Wildman–Crippen LogP) is 4.55. The van der Waals surface area contributed by atoms with Gasteiger partial charge in [0, 0.05) is 12.1 Å². The van der Waals surface area contributed by atoms with Crippen molar-refractivity contribution in [2.45, 2.75) is 45.4 Å². The van der Waals surface area contributed by atoms with Crippen molar-refractivity contribution in [2.75, 3.05) is 25.1 Å². The Morgan fingerprint density at radius 1 is 0.886 bits per heavy atom. The molecule has 4 rings (SSSR count). The minimum Gasteiger partial charge on any atom is -0.399 e. The van der Waals surface area contributed by atoms with Crippen molar-refractivity contribution in [2.24, 2.45) is 0 Å². The molecule has 182 valence electrons. The summed E-state index contributed by atoms with van der Waals surface area (Å²) in [4.78, 5) is 14.9. The summed E-state index contributed by atoms with van der Waals surface area (Å²) in [5, 5.41) is 2.96. The standard InChI is InChI=1S/C28H34BN3O3/c1-27(2)28(3,4)35-29(34-27)23-14-11-20(12-15-23)22-13-16-24(30)25(17-22)31-26(33)21-9-7-19(8-10-21)18-32(5)6/h7-17H,18,30H2,1-6H3,(H,31,33). The van der Waals surface area contributed by atoms with Crippen LogP contribution in [0.1, 0.15) is 43.6 Å². The number of hydrogen-bond acceptors (Lipinski definition) is 5. The zero-order chi connectivity index (χ0) is 25.4. The summed E-state index contributed by atoms with van der Waals surface area (Å²) in [6.45, 7) is 9.01. The quantitative estimate of drug-likeness (QED) is 0.408. The van der Waals surface area contributed by atoms with E-state index in [0.717, 1.165) is 28.7 Å². The van der Waals surface area contributed by atoms with Gasteiger partial charge in [-0.05, 0) is 88.2 Å². The van der Waals surface area contributed by atoms with Gasteiger partial charge >= 0.3 is 7.12 Å². The number of hydrogen-bond donors (Lipinski definition) is 2. The van der Waals surface area contributed by atoms with E-state index in [9.17, 15) is 4.79 Å². The van der Waals surface area contributed by atoms with E-state index in [-0.39, 0.29) is 17.1 Å². The molecule has 1 heterocycles. The van der Waals surface area contributed by atoms with Crippen LogP contribution in [0, 0.1) is 0 Å². The van der Waals surface area contributed by atoms with Crippen molar-refractivity contribution in [1.29, 1.82) is 0 Å². The van der Waals surface area contributed by atoms with E-state index in [4.69, 9.17) is 15.0 Å². The number of nitrogens with zero attached hydrogens (tertiary/aromatic N) is 1. The third-order valence-corrected chi connectivity index (χ3v) is 6.79. The van der Waals surface area contributed by atoms with Gasteiger partial charge in [0.25, 0.3) is 5.91 Å². The molecule has 1 aliphatic heterocycles. The zero-order valence-corrected chi connectivity index (χ0v) is 21.4. The van der Waals surface area contributed by atoms with Gasteiger partial charge in [-0.15, -0.1) is 0 Å². The van der Waals surface area contributed by atoms with Gasteiger partial charge in [-0.2, -0.15) is 0 Å². The van der Waals surface area contributed by atoms with E-state index in [1.165, 1.54) is 0 Å². The molecule has 0 radical (unpaired) electrons. The molecule has 0 atom stereocenters. The molecule has 3 N–H and O–H groups in total. The van der Waals surface area contributed by atoms with E-state index >= 15 is 0 Å². The molecule has 1 aliphatic rings. The summed E-state index contributed by atoms with van der Waals surface area (Å²) < 4.78 is 12.3. The number of nitrogen functional groups attached to an aromatic ring is 1. The summed E-state index contributed by atoms with van der Waals surface area (Å²) in [7, 11) is 3.63. The van der Waals surface area contributed by atoms with Crippen molar-refractivity contribution in [1.82, 2.24) is 4.90 Å². The van der Waals surface area contributed by atoms with Gasteiger partial charge in [-0.25, -0.2) is 0 Å². The molecule has 0 unspecified atom stereocenters. The van der Waals surface area contributed by atoms with Gasteiger partial charge in [-0.1, -0.05) is 42.5 Å². The Morgan fingerprint density at radius 3 is 2.03 bits per heavy atom. The fourth-order valence-electron chi connectivity index (χ4n) is 3.98. The minimum absolute atomic E-state index is 0.193. The molecular weight excluding hydrogens is 437 g/mol. The van der Waals surface area contributed by atoms with Crippen molar-refractivity contribution in [3.05, 3.63) is 77.9 Å². The highest BCUT2D eigenvalue weighted by molar-refractivity contribution is 6.62. The molecular formula is C28H34BN3O3. The van der Waals surface area contributed by atoms with E-state index < -0.39 is 7.12 Å². The topological polar surface area (TPSA) is 76.8 Å². The Bertz CT molecular complexity index is 1190. The van der Waals surface area contributed by atoms with E-state index in [0.29, 0.717) is 16.9 Å². The molecule has 0 saturated carbocycles. The lowest BCUT2D eigenvalue weighted by atomic mass is 9.78. The molecule has 0 aromatic heterocycles. The first-order valence-corrected chi connectivity index (χ1v) is 11.9. The number of carbonyl (C=O) groups is 1. The first kappa shape index (κ1) is 25.0. The van der Waals surface area contributed by atoms with Crippen molar-refractivity contribution in [3.63, 3.8) is 0 Å². The third-order valence-electron chi connectivity index (χ3n) is 6.79. The van der Waals surface area contributed by atoms with E-state index in [2.05, 4.69) is 10.2 Å². The zero-order valence-electron chi connectivity index (χ0n) is 21.4. The van der Waals surface area contributed by atoms with Crippen LogP contribution in [-0.2, 0) is 15.9 Å². The molecule has 1 fully saturated rings. The molecule has 0 spiro atoms. The monoisotopic (exact) mass is 471 g/mol. The summed E-state index contributed by atoms with van der Waals surface area (Å²) >= 11 is 0. The number of anilines is 2. The lowest BCUT2D eigenvalue weighted by molar-refractivity contribution is 0.00578. The van der Waals surface area contributed by atoms with E-state index in [1.54, 1.807) is 0 Å². The minimum atomic E-state index is -0.403. The van der Waals surface area contributed by atoms with Crippen LogP contribution in [0.2, 0.25) is 0 Å². The summed E-state index contributed by atoms with van der Waals surface area (Å²) in [5.74, 6) is -0.193. The van der Waals surface area contributed by atoms with Gasteiger partial charge < -0.3 is 25.3 Å². The summed E-state index contributed by atoms with van der Waals surface area (Å²) in [6.07, 6.45) is 0. The Kier molecular flexibility index (Phi) is 6.78. The van der Waals surface area contributed by atoms with Crippen LogP contribution in [0.25, 0.3) is 11.1 Å². The Morgan fingerprint density at radius 2 is 1.46 bits per heavy atom. The lowest BCUT2D eigenvalue weighted by Gasteiger charge is -2.32. The van der Waals surface area contributed by atoms with Gasteiger partial charge in [0.05, 0.1) is 22.6 Å². The molecule has 3 aromatic rings. The van der Waals surface area contributed by atoms with Crippen molar-refractivity contribution in [3.8, 4) is 11.1 Å². The number of nitrogens with two attached hydrogens (primary N) is 1. The maximum Gasteiger partial charge on any atom is 0.494 e. The highest BCUT2D eigenvalue weighted by Gasteiger charge is 2.51. The van der Waals surface area contributed by atoms with Crippen LogP contribution in [0.5, 0.6) is 0 Å². The van der Waals surface area contributed by atoms with Crippen molar-refractivity contribution >= 4 is 29.9 Å². The molecule has 1 amide bonds. The Balaban J connectivity index is 1.49. The number of nitrogens with one attached hydrogen (secondary N) is 1. The highest BCUT2D eigenvalue weighted by atomic mass is 16.7. The van der Waals surface area contributed by atoms with Crippen LogP contribution < -0.4 is 16.5 Å². The normalized spacial score (nSPS) is 16.5. The number of rotatable bonds is 6. The van der Waals surface area contributed by atoms with Gasteiger partial charge in [0.1, 0.15) is 0 Å². The Labute approximate surface area is 208 Å². The van der Waals surface area contributed by atoms with Gasteiger partial charge in [-0.3, -0.25) is 4.79 Å². The first-order valence-electron chi connectivity index (χ1n) is 11.9. The Hall–Kier alpha value is -3.13. The molecule has 6 nitrogen and oxygen atoms in total. The second kappa shape index (κ2) is 9.49. The number of amides is 1. The predicted molar refractivity (Wildman–Crippen MR) is 144 cm³/mol. The van der Waals surface area contributed by atoms with Gasteiger partial charge in [0.15, 0.2) is 0 Å². The second-order valence-corrected chi connectivity index (χ2v) is 10.4. The summed E-state index contributed by atoms with van der Waals surface area (Å²) in [5.41, 5.74) is 11.2. The first-order chi connectivity index (χ1) is 16.4. The van der Waals surface area contributed by atoms with Crippen LogP contribution in [0.4, 0.5) is 11.4 Å². The van der Waals surface area contributed by atoms with E-state index in [1.807, 2.05) is 109 Å². The lowest BCUT2D eigenvalue weighted by Crippen LogP contribution is -2.41. The third kappa shape index (κ3) is 5.43. The number of benzene rings is 3. The van der Waals surface area contributed by atoms with Crippen LogP contribution >= 0.6 is 0 Å². The molecule has 1 saturated heterocycles. The smallest absolute Gasteiger partial charge is 0.399 e. The SMILES string of the molecule is CN(C)Cc1ccc(C(=O)Nc2cc(-c3ccc(B4OC(C)(C)C(C)(C)O4)cc3)ccc2N)cc1. The van der Waals surface area contributed by atoms with Crippen LogP contribution in [-0.4, -0.2) is 43.2 Å². The van der Waals surface area contributed by atoms with Gasteiger partial charge in [0.2, 0.25) is 0 Å². The number of carbonyl (C=O) groups excluding carboxylic acids is 1. The molecule has 7 heteroatoms. The summed E-state index contributed by atoms with van der Waals surface area (Å²) in [6, 6.07) is 21.4. The molecule has 0 bridgehead atoms. The second-order valence-electron chi connectivity index (χ2n) is 10.4. The fourth-order valence-corrected chi connectivity index (χ4v) is 3.98. The molecule has 3 aromatic carbocycles. The van der Waals surface area contributed by atoms with Crippen LogP contribution in [0.15, 0.2) is 66.7 Å². The molecule has 0 aliphatic carbocycles. The molecule has 35 heavy (non-hydrogen) atoms. The average Bonchev–Trinajstić information content (AvgIpc) is 3.02. The van der Waals surface area contributed by atoms with Crippen LogP contribution in [0.3, 0.4) is 0 Å². The van der Waals surface area contributed by atoms with Crippen molar-refractivity contribution < 1.29 is 14.1 Å². The highest BCUT2D eigenvalue weighted by Crippen LogP contribution is 2.36. The maximum absolute atomic E-state index is 12.8. The average molecular weight is 471 g/mol. The maximum atomic E-state index is 12.8. The largest absolute Gasteiger partial charge is 0.494 e. The fraction of sp³-hybridized carbons (Fsp3) is 0.321.